The quantitative estimate of drug-likeness (QED) is 0.524. The van der Waals surface area contributed by atoms with E-state index in [0.717, 1.165) is 11.1 Å². The van der Waals surface area contributed by atoms with Gasteiger partial charge >= 0.3 is 0 Å². The molecule has 138 valence electrons. The average Bonchev–Trinajstić information content (AvgIpc) is 3.12. The number of carbonyl (C=O) groups excluding carboxylic acids is 1. The molecule has 0 atom stereocenters. The molecule has 1 heterocycles. The van der Waals surface area contributed by atoms with Crippen molar-refractivity contribution in [1.29, 1.82) is 0 Å². The summed E-state index contributed by atoms with van der Waals surface area (Å²) in [7, 11) is 0. The van der Waals surface area contributed by atoms with E-state index in [1.165, 1.54) is 12.3 Å². The minimum absolute atomic E-state index is 0.154. The van der Waals surface area contributed by atoms with E-state index < -0.39 is 5.91 Å². The molecule has 3 rings (SSSR count). The van der Waals surface area contributed by atoms with Crippen LogP contribution in [0, 0.1) is 19.7 Å². The molecule has 6 heteroatoms. The molecule has 27 heavy (non-hydrogen) atoms. The third-order valence-electron chi connectivity index (χ3n) is 4.00. The van der Waals surface area contributed by atoms with Gasteiger partial charge in [-0.25, -0.2) is 9.82 Å². The van der Waals surface area contributed by atoms with Crippen LogP contribution in [0.4, 0.5) is 4.39 Å². The minimum atomic E-state index is -0.398. The highest BCUT2D eigenvalue weighted by atomic mass is 19.1. The number of hydrogen-bond donors (Lipinski definition) is 1. The van der Waals surface area contributed by atoms with Crippen molar-refractivity contribution in [3.63, 3.8) is 0 Å². The Bertz CT molecular complexity index is 979. The molecule has 0 radical (unpaired) electrons. The summed E-state index contributed by atoms with van der Waals surface area (Å²) in [5, 5.41) is 3.82. The van der Waals surface area contributed by atoms with E-state index in [1.54, 1.807) is 30.3 Å². The summed E-state index contributed by atoms with van der Waals surface area (Å²) in [5.41, 5.74) is 4.97. The summed E-state index contributed by atoms with van der Waals surface area (Å²) in [6.45, 7) is 3.83. The second kappa shape index (κ2) is 8.31. The van der Waals surface area contributed by atoms with Gasteiger partial charge in [0.1, 0.15) is 23.1 Å². The van der Waals surface area contributed by atoms with Gasteiger partial charge in [0.15, 0.2) is 6.61 Å². The smallest absolute Gasteiger partial charge is 0.277 e. The largest absolute Gasteiger partial charge is 0.484 e. The van der Waals surface area contributed by atoms with Crippen molar-refractivity contribution in [3.8, 4) is 17.1 Å². The van der Waals surface area contributed by atoms with Gasteiger partial charge in [-0.15, -0.1) is 0 Å². The molecule has 1 amide bonds. The summed E-state index contributed by atoms with van der Waals surface area (Å²) < 4.78 is 24.7. The molecular weight excluding hydrogens is 347 g/mol. The normalized spacial score (nSPS) is 10.9. The molecule has 2 aromatic carbocycles. The van der Waals surface area contributed by atoms with Gasteiger partial charge in [-0.3, -0.25) is 4.79 Å². The first kappa shape index (κ1) is 18.4. The zero-order chi connectivity index (χ0) is 19.2. The lowest BCUT2D eigenvalue weighted by Gasteiger charge is -2.07. The van der Waals surface area contributed by atoms with Crippen LogP contribution in [0.5, 0.6) is 5.75 Å². The predicted molar refractivity (Wildman–Crippen MR) is 101 cm³/mol. The number of nitrogens with one attached hydrogen (secondary N) is 1. The fourth-order valence-corrected chi connectivity index (χ4v) is 2.38. The molecule has 1 aromatic heterocycles. The lowest BCUT2D eigenvalue weighted by molar-refractivity contribution is -0.123. The van der Waals surface area contributed by atoms with Gasteiger partial charge in [0.05, 0.1) is 11.8 Å². The van der Waals surface area contributed by atoms with Crippen LogP contribution in [0.2, 0.25) is 0 Å². The monoisotopic (exact) mass is 366 g/mol. The van der Waals surface area contributed by atoms with E-state index in [2.05, 4.69) is 10.5 Å². The topological polar surface area (TPSA) is 63.8 Å². The van der Waals surface area contributed by atoms with E-state index in [-0.39, 0.29) is 12.4 Å². The highest BCUT2D eigenvalue weighted by Crippen LogP contribution is 2.24. The Balaban J connectivity index is 1.52. The molecule has 0 bridgehead atoms. The number of aryl methyl sites for hydroxylation is 2. The first-order valence-corrected chi connectivity index (χ1v) is 8.39. The van der Waals surface area contributed by atoms with Crippen LogP contribution in [-0.2, 0) is 4.79 Å². The molecule has 5 nitrogen and oxygen atoms in total. The number of hydrazone groups is 1. The number of hydrogen-bond acceptors (Lipinski definition) is 4. The summed E-state index contributed by atoms with van der Waals surface area (Å²) in [6.07, 6.45) is 1.35. The number of rotatable bonds is 6. The van der Waals surface area contributed by atoms with Crippen molar-refractivity contribution in [2.75, 3.05) is 6.61 Å². The van der Waals surface area contributed by atoms with Gasteiger partial charge < -0.3 is 9.15 Å². The van der Waals surface area contributed by atoms with E-state index in [4.69, 9.17) is 9.15 Å². The van der Waals surface area contributed by atoms with Gasteiger partial charge in [0.25, 0.3) is 5.91 Å². The van der Waals surface area contributed by atoms with Crippen molar-refractivity contribution < 1.29 is 18.3 Å². The Morgan fingerprint density at radius 2 is 1.96 bits per heavy atom. The zero-order valence-corrected chi connectivity index (χ0v) is 15.0. The lowest BCUT2D eigenvalue weighted by atomic mass is 10.1. The summed E-state index contributed by atoms with van der Waals surface area (Å²) in [4.78, 5) is 11.8. The Morgan fingerprint density at radius 1 is 1.15 bits per heavy atom. The van der Waals surface area contributed by atoms with E-state index >= 15 is 0 Å². The molecule has 0 unspecified atom stereocenters. The van der Waals surface area contributed by atoms with Crippen LogP contribution in [0.15, 0.2) is 64.1 Å². The molecule has 0 saturated heterocycles. The summed E-state index contributed by atoms with van der Waals surface area (Å²) in [5.74, 6) is 0.637. The maximum absolute atomic E-state index is 13.7. The number of furan rings is 1. The first-order chi connectivity index (χ1) is 13.0. The van der Waals surface area contributed by atoms with Crippen LogP contribution in [0.1, 0.15) is 16.9 Å². The van der Waals surface area contributed by atoms with Gasteiger partial charge in [-0.1, -0.05) is 18.2 Å². The van der Waals surface area contributed by atoms with Crippen molar-refractivity contribution in [2.45, 2.75) is 13.8 Å². The zero-order valence-electron chi connectivity index (χ0n) is 15.0. The van der Waals surface area contributed by atoms with E-state index in [9.17, 15) is 9.18 Å². The predicted octanol–water partition coefficient (Wildman–Crippen LogP) is 4.23. The van der Waals surface area contributed by atoms with Crippen molar-refractivity contribution in [2.24, 2.45) is 5.10 Å². The van der Waals surface area contributed by atoms with Gasteiger partial charge in [0.2, 0.25) is 0 Å². The number of halogens is 1. The molecule has 1 N–H and O–H groups in total. The third-order valence-corrected chi connectivity index (χ3v) is 4.00. The Morgan fingerprint density at radius 3 is 2.74 bits per heavy atom. The van der Waals surface area contributed by atoms with Crippen LogP contribution >= 0.6 is 0 Å². The second-order valence-electron chi connectivity index (χ2n) is 6.01. The number of nitrogens with zero attached hydrogens (tertiary/aromatic N) is 1. The molecule has 3 aromatic rings. The van der Waals surface area contributed by atoms with Gasteiger partial charge in [-0.05, 0) is 61.4 Å². The minimum Gasteiger partial charge on any atom is -0.484 e. The Labute approximate surface area is 156 Å². The molecule has 0 spiro atoms. The highest BCUT2D eigenvalue weighted by molar-refractivity contribution is 5.81. The van der Waals surface area contributed by atoms with Crippen LogP contribution in [-0.4, -0.2) is 18.7 Å². The molecular formula is C21H19FN2O3. The molecule has 0 fully saturated rings. The van der Waals surface area contributed by atoms with Crippen molar-refractivity contribution in [1.82, 2.24) is 5.43 Å². The number of carbonyl (C=O) groups is 1. The summed E-state index contributed by atoms with van der Waals surface area (Å²) >= 11 is 0. The SMILES string of the molecule is Cc1ccc(OCC(=O)NN=Cc2ccc(-c3ccccc3F)o2)cc1C. The van der Waals surface area contributed by atoms with Crippen molar-refractivity contribution in [3.05, 3.63) is 77.3 Å². The fourth-order valence-electron chi connectivity index (χ4n) is 2.38. The van der Waals surface area contributed by atoms with E-state index in [0.29, 0.717) is 22.8 Å². The van der Waals surface area contributed by atoms with Crippen molar-refractivity contribution >= 4 is 12.1 Å². The molecule has 0 aliphatic heterocycles. The Kier molecular flexibility index (Phi) is 5.66. The maximum Gasteiger partial charge on any atom is 0.277 e. The van der Waals surface area contributed by atoms with Gasteiger partial charge in [0, 0.05) is 0 Å². The molecule has 0 aliphatic rings. The molecule has 0 saturated carbocycles. The number of benzene rings is 2. The lowest BCUT2D eigenvalue weighted by Crippen LogP contribution is -2.24. The standard InChI is InChI=1S/C21H19FN2O3/c1-14-7-8-16(11-15(14)2)26-13-21(25)24-23-12-17-9-10-20(27-17)18-5-3-4-6-19(18)22/h3-12H,13H2,1-2H3,(H,24,25). The number of amides is 1. The molecule has 0 aliphatic carbocycles. The second-order valence-corrected chi connectivity index (χ2v) is 6.01. The van der Waals surface area contributed by atoms with Crippen LogP contribution < -0.4 is 10.2 Å². The maximum atomic E-state index is 13.7. The number of ether oxygens (including phenoxy) is 1. The average molecular weight is 366 g/mol. The summed E-state index contributed by atoms with van der Waals surface area (Å²) in [6, 6.07) is 15.2. The first-order valence-electron chi connectivity index (χ1n) is 8.39. The highest BCUT2D eigenvalue weighted by Gasteiger charge is 2.08. The van der Waals surface area contributed by atoms with Crippen LogP contribution in [0.25, 0.3) is 11.3 Å². The third kappa shape index (κ3) is 4.82. The van der Waals surface area contributed by atoms with E-state index in [1.807, 2.05) is 32.0 Å². The fraction of sp³-hybridized carbons (Fsp3) is 0.143. The Hall–Kier alpha value is -3.41. The van der Waals surface area contributed by atoms with Crippen LogP contribution in [0.3, 0.4) is 0 Å². The van der Waals surface area contributed by atoms with Gasteiger partial charge in [-0.2, -0.15) is 5.10 Å².